The van der Waals surface area contributed by atoms with Gasteiger partial charge in [0.1, 0.15) is 0 Å². The molecule has 0 aromatic rings. The molecule has 0 aromatic carbocycles. The zero-order valence-electron chi connectivity index (χ0n) is 14.6. The summed E-state index contributed by atoms with van der Waals surface area (Å²) >= 11 is 0. The Labute approximate surface area is 135 Å². The first kappa shape index (κ1) is 15.0. The lowest BCUT2D eigenvalue weighted by atomic mass is 9.50. The van der Waals surface area contributed by atoms with Gasteiger partial charge in [0, 0.05) is 0 Å². The molecule has 0 amide bonds. The highest BCUT2D eigenvalue weighted by Gasteiger charge is 2.55. The van der Waals surface area contributed by atoms with Crippen LogP contribution < -0.4 is 0 Å². The Hall–Kier alpha value is -0.560. The van der Waals surface area contributed by atoms with Crippen LogP contribution in [0.4, 0.5) is 0 Å². The van der Waals surface area contributed by atoms with E-state index in [1.165, 1.54) is 44.1 Å². The fourth-order valence-corrected chi connectivity index (χ4v) is 6.76. The van der Waals surface area contributed by atoms with Gasteiger partial charge in [0.2, 0.25) is 0 Å². The first-order valence-corrected chi connectivity index (χ1v) is 9.58. The molecule has 0 saturated heterocycles. The van der Waals surface area contributed by atoms with E-state index < -0.39 is 0 Å². The lowest BCUT2D eigenvalue weighted by Gasteiger charge is -2.54. The third-order valence-corrected chi connectivity index (χ3v) is 8.23. The molecule has 0 bridgehead atoms. The van der Waals surface area contributed by atoms with Crippen molar-refractivity contribution >= 4 is 0 Å². The normalized spacial score (nSPS) is 50.5. The minimum absolute atomic E-state index is 0.0981. The topological polar surface area (TPSA) is 20.2 Å². The molecule has 4 rings (SSSR count). The molecule has 3 fully saturated rings. The molecule has 3 saturated carbocycles. The Morgan fingerprint density at radius 3 is 2.64 bits per heavy atom. The fraction of sp³-hybridized carbons (Fsp3) is 0.810. The van der Waals surface area contributed by atoms with E-state index in [2.05, 4.69) is 32.9 Å². The Morgan fingerprint density at radius 1 is 1.05 bits per heavy atom. The van der Waals surface area contributed by atoms with Crippen LogP contribution >= 0.6 is 0 Å². The van der Waals surface area contributed by atoms with Gasteiger partial charge < -0.3 is 5.11 Å². The van der Waals surface area contributed by atoms with Crippen molar-refractivity contribution in [2.45, 2.75) is 78.2 Å². The van der Waals surface area contributed by atoms with E-state index in [1.807, 2.05) is 0 Å². The number of allylic oxidation sites excluding steroid dienone is 3. The summed E-state index contributed by atoms with van der Waals surface area (Å²) in [6.45, 7) is 7.47. The number of aliphatic hydroxyl groups is 1. The van der Waals surface area contributed by atoms with Crippen LogP contribution in [0, 0.1) is 28.6 Å². The molecular weight excluding hydrogens is 268 g/mol. The highest BCUT2D eigenvalue weighted by Crippen LogP contribution is 2.65. The summed E-state index contributed by atoms with van der Waals surface area (Å²) in [7, 11) is 0. The number of rotatable bonds is 1. The average molecular weight is 300 g/mol. The molecule has 0 unspecified atom stereocenters. The number of hydrogen-bond acceptors (Lipinski definition) is 1. The second-order valence-corrected chi connectivity index (χ2v) is 9.00. The molecule has 0 spiro atoms. The minimum atomic E-state index is -0.0981. The van der Waals surface area contributed by atoms with Gasteiger partial charge in [0.25, 0.3) is 0 Å². The van der Waals surface area contributed by atoms with E-state index in [0.717, 1.165) is 30.6 Å². The summed E-state index contributed by atoms with van der Waals surface area (Å²) in [6.07, 6.45) is 14.9. The molecular formula is C21H32O. The smallest absolute Gasteiger partial charge is 0.0578 e. The molecule has 0 aliphatic heterocycles. The molecule has 4 aliphatic carbocycles. The van der Waals surface area contributed by atoms with Crippen molar-refractivity contribution in [3.05, 3.63) is 23.3 Å². The van der Waals surface area contributed by atoms with Crippen LogP contribution in [0.1, 0.15) is 72.1 Å². The van der Waals surface area contributed by atoms with Crippen molar-refractivity contribution in [1.82, 2.24) is 0 Å². The quantitative estimate of drug-likeness (QED) is 0.700. The molecule has 0 aromatic heterocycles. The molecule has 1 N–H and O–H groups in total. The van der Waals surface area contributed by atoms with Crippen LogP contribution in [0.5, 0.6) is 0 Å². The summed E-state index contributed by atoms with van der Waals surface area (Å²) < 4.78 is 0. The van der Waals surface area contributed by atoms with E-state index >= 15 is 0 Å². The maximum Gasteiger partial charge on any atom is 0.0578 e. The predicted octanol–water partition coefficient (Wildman–Crippen LogP) is 5.26. The Kier molecular flexibility index (Phi) is 3.39. The molecule has 1 nitrogen and oxygen atoms in total. The van der Waals surface area contributed by atoms with Crippen LogP contribution in [0.2, 0.25) is 0 Å². The van der Waals surface area contributed by atoms with Gasteiger partial charge in [0.05, 0.1) is 6.10 Å². The van der Waals surface area contributed by atoms with Gasteiger partial charge >= 0.3 is 0 Å². The van der Waals surface area contributed by atoms with Crippen LogP contribution in [0.25, 0.3) is 0 Å². The second kappa shape index (κ2) is 4.97. The minimum Gasteiger partial charge on any atom is -0.393 e. The number of hydrogen-bond donors (Lipinski definition) is 1. The number of fused-ring (bicyclic) bond motifs is 5. The van der Waals surface area contributed by atoms with E-state index in [1.54, 1.807) is 5.57 Å². The first-order chi connectivity index (χ1) is 10.5. The summed E-state index contributed by atoms with van der Waals surface area (Å²) in [5, 5.41) is 10.1. The predicted molar refractivity (Wildman–Crippen MR) is 91.5 cm³/mol. The van der Waals surface area contributed by atoms with Gasteiger partial charge in [-0.3, -0.25) is 0 Å². The Balaban J connectivity index is 1.71. The van der Waals surface area contributed by atoms with Crippen LogP contribution in [0.15, 0.2) is 23.3 Å². The van der Waals surface area contributed by atoms with Crippen molar-refractivity contribution in [2.24, 2.45) is 28.6 Å². The standard InChI is InChI=1S/C21H32O/c1-4-14-6-8-18-17-7-5-15-13-16(22)9-11-21(15,3)19(17)10-12-20(14,18)2/h5,7,14,16,18-19,22H,4,6,8-13H2,1-3H3/t14-,16-,18-,19+,20+,21+/m0/s1. The first-order valence-electron chi connectivity index (χ1n) is 9.58. The zero-order chi connectivity index (χ0) is 15.5. The van der Waals surface area contributed by atoms with Crippen molar-refractivity contribution in [3.8, 4) is 0 Å². The van der Waals surface area contributed by atoms with Gasteiger partial charge in [-0.25, -0.2) is 0 Å². The molecule has 1 heteroatoms. The van der Waals surface area contributed by atoms with Crippen molar-refractivity contribution in [3.63, 3.8) is 0 Å². The van der Waals surface area contributed by atoms with Gasteiger partial charge in [-0.15, -0.1) is 0 Å². The van der Waals surface area contributed by atoms with Gasteiger partial charge in [0.15, 0.2) is 0 Å². The maximum atomic E-state index is 10.1. The fourth-order valence-electron chi connectivity index (χ4n) is 6.76. The molecule has 22 heavy (non-hydrogen) atoms. The van der Waals surface area contributed by atoms with E-state index in [4.69, 9.17) is 0 Å². The second-order valence-electron chi connectivity index (χ2n) is 9.00. The van der Waals surface area contributed by atoms with Crippen molar-refractivity contribution < 1.29 is 5.11 Å². The van der Waals surface area contributed by atoms with Crippen LogP contribution in [-0.2, 0) is 0 Å². The molecule has 6 atom stereocenters. The van der Waals surface area contributed by atoms with Gasteiger partial charge in [-0.2, -0.15) is 0 Å². The van der Waals surface area contributed by atoms with E-state index in [9.17, 15) is 5.11 Å². The van der Waals surface area contributed by atoms with Gasteiger partial charge in [-0.05, 0) is 73.5 Å². The monoisotopic (exact) mass is 300 g/mol. The number of aliphatic hydroxyl groups excluding tert-OH is 1. The zero-order valence-corrected chi connectivity index (χ0v) is 14.6. The largest absolute Gasteiger partial charge is 0.393 e. The summed E-state index contributed by atoms with van der Waals surface area (Å²) in [5.74, 6) is 2.53. The van der Waals surface area contributed by atoms with Crippen LogP contribution in [-0.4, -0.2) is 11.2 Å². The van der Waals surface area contributed by atoms with Crippen molar-refractivity contribution in [2.75, 3.05) is 0 Å². The summed E-state index contributed by atoms with van der Waals surface area (Å²) in [5.41, 5.74) is 4.23. The SMILES string of the molecule is CC[C@H]1CC[C@H]2C3=CC=C4C[C@@H](O)CC[C@@]4(C)[C@@H]3CC[C@]12C. The van der Waals surface area contributed by atoms with Crippen molar-refractivity contribution in [1.29, 1.82) is 0 Å². The third kappa shape index (κ3) is 1.87. The highest BCUT2D eigenvalue weighted by atomic mass is 16.3. The average Bonchev–Trinajstić information content (AvgIpc) is 2.84. The molecule has 4 aliphatic rings. The Bertz CT molecular complexity index is 526. The summed E-state index contributed by atoms with van der Waals surface area (Å²) in [4.78, 5) is 0. The van der Waals surface area contributed by atoms with Gasteiger partial charge in [-0.1, -0.05) is 50.5 Å². The Morgan fingerprint density at radius 2 is 1.86 bits per heavy atom. The molecule has 0 heterocycles. The lowest BCUT2D eigenvalue weighted by Crippen LogP contribution is -2.45. The molecule has 0 radical (unpaired) electrons. The third-order valence-electron chi connectivity index (χ3n) is 8.23. The summed E-state index contributed by atoms with van der Waals surface area (Å²) in [6, 6.07) is 0. The highest BCUT2D eigenvalue weighted by molar-refractivity contribution is 5.38. The van der Waals surface area contributed by atoms with E-state index in [0.29, 0.717) is 10.8 Å². The lowest BCUT2D eigenvalue weighted by molar-refractivity contribution is 0.0442. The van der Waals surface area contributed by atoms with E-state index in [-0.39, 0.29) is 6.10 Å². The maximum absolute atomic E-state index is 10.1. The van der Waals surface area contributed by atoms with Crippen LogP contribution in [0.3, 0.4) is 0 Å². The molecule has 122 valence electrons.